The summed E-state index contributed by atoms with van der Waals surface area (Å²) < 4.78 is 15.5. The van der Waals surface area contributed by atoms with Crippen molar-refractivity contribution >= 4 is 17.5 Å². The Hall–Kier alpha value is -3.22. The van der Waals surface area contributed by atoms with Crippen LogP contribution in [0.5, 0.6) is 11.5 Å². The van der Waals surface area contributed by atoms with Crippen LogP contribution >= 0.6 is 0 Å². The number of methoxy groups -OCH3 is 2. The molecule has 0 unspecified atom stereocenters. The Balaban J connectivity index is 2.40. The molecular formula is C17H18N2O5. The molecule has 7 nitrogen and oxygen atoms in total. The minimum atomic E-state index is -0.481. The summed E-state index contributed by atoms with van der Waals surface area (Å²) in [4.78, 5) is 24.5. The van der Waals surface area contributed by atoms with Gasteiger partial charge >= 0.3 is 0 Å². The molecule has 2 rings (SSSR count). The van der Waals surface area contributed by atoms with Gasteiger partial charge in [-0.2, -0.15) is 0 Å². The van der Waals surface area contributed by atoms with E-state index in [4.69, 9.17) is 13.9 Å². The highest BCUT2D eigenvalue weighted by molar-refractivity contribution is 6.08. The van der Waals surface area contributed by atoms with Crippen molar-refractivity contribution in [2.24, 2.45) is 0 Å². The predicted octanol–water partition coefficient (Wildman–Crippen LogP) is 2.46. The molecular weight excluding hydrogens is 312 g/mol. The Morgan fingerprint density at radius 3 is 2.50 bits per heavy atom. The normalized spacial score (nSPS) is 9.92. The summed E-state index contributed by atoms with van der Waals surface area (Å²) in [5, 5.41) is 5.30. The molecule has 0 atom stereocenters. The highest BCUT2D eigenvalue weighted by atomic mass is 16.5. The van der Waals surface area contributed by atoms with Crippen molar-refractivity contribution in [3.63, 3.8) is 0 Å². The molecule has 0 fully saturated rings. The van der Waals surface area contributed by atoms with E-state index in [2.05, 4.69) is 17.2 Å². The van der Waals surface area contributed by atoms with E-state index in [-0.39, 0.29) is 22.9 Å². The standard InChI is InChI=1S/C17H18N2O5/c1-4-7-18-16(20)11-9-14(22-2)15(23-3)10-12(11)19-17(21)13-6-5-8-24-13/h4-6,8-10H,1,7H2,2-3H3,(H,18,20)(H,19,21). The third-order valence-corrected chi connectivity index (χ3v) is 3.17. The maximum atomic E-state index is 12.3. The molecule has 0 aliphatic carbocycles. The van der Waals surface area contributed by atoms with Crippen LogP contribution in [0.1, 0.15) is 20.9 Å². The third kappa shape index (κ3) is 3.75. The van der Waals surface area contributed by atoms with Crippen LogP contribution in [0.2, 0.25) is 0 Å². The van der Waals surface area contributed by atoms with Gasteiger partial charge in [0.25, 0.3) is 11.8 Å². The zero-order chi connectivity index (χ0) is 17.5. The molecule has 7 heteroatoms. The number of hydrogen-bond donors (Lipinski definition) is 2. The number of furan rings is 1. The number of carbonyl (C=O) groups is 2. The summed E-state index contributed by atoms with van der Waals surface area (Å²) >= 11 is 0. The number of nitrogens with one attached hydrogen (secondary N) is 2. The molecule has 0 aliphatic heterocycles. The van der Waals surface area contributed by atoms with Crippen molar-refractivity contribution in [1.29, 1.82) is 0 Å². The van der Waals surface area contributed by atoms with Gasteiger partial charge in [-0.05, 0) is 18.2 Å². The molecule has 1 aromatic carbocycles. The van der Waals surface area contributed by atoms with Gasteiger partial charge in [0.15, 0.2) is 17.3 Å². The average molecular weight is 330 g/mol. The van der Waals surface area contributed by atoms with Gasteiger partial charge in [0.05, 0.1) is 31.7 Å². The fraction of sp³-hybridized carbons (Fsp3) is 0.176. The van der Waals surface area contributed by atoms with E-state index in [0.29, 0.717) is 18.0 Å². The number of amides is 2. The van der Waals surface area contributed by atoms with Crippen LogP contribution in [-0.2, 0) is 0 Å². The summed E-state index contributed by atoms with van der Waals surface area (Å²) in [6.45, 7) is 3.84. The molecule has 2 aromatic rings. The lowest BCUT2D eigenvalue weighted by molar-refractivity contribution is 0.0958. The van der Waals surface area contributed by atoms with Gasteiger partial charge in [0, 0.05) is 12.6 Å². The molecule has 0 saturated carbocycles. The minimum Gasteiger partial charge on any atom is -0.493 e. The molecule has 126 valence electrons. The maximum absolute atomic E-state index is 12.3. The second-order valence-electron chi connectivity index (χ2n) is 4.68. The van der Waals surface area contributed by atoms with Crippen LogP contribution in [0.25, 0.3) is 0 Å². The summed E-state index contributed by atoms with van der Waals surface area (Å²) in [5.74, 6) is 0.0163. The van der Waals surface area contributed by atoms with Crippen LogP contribution in [0.15, 0.2) is 47.6 Å². The first kappa shape index (κ1) is 17.1. The molecule has 0 aliphatic rings. The van der Waals surface area contributed by atoms with Gasteiger partial charge in [0.1, 0.15) is 0 Å². The predicted molar refractivity (Wildman–Crippen MR) is 88.7 cm³/mol. The molecule has 24 heavy (non-hydrogen) atoms. The summed E-state index contributed by atoms with van der Waals surface area (Å²) in [6, 6.07) is 6.13. The van der Waals surface area contributed by atoms with Crippen molar-refractivity contribution in [1.82, 2.24) is 5.32 Å². The largest absolute Gasteiger partial charge is 0.493 e. The first-order chi connectivity index (χ1) is 11.6. The second-order valence-corrected chi connectivity index (χ2v) is 4.68. The molecule has 0 radical (unpaired) electrons. The third-order valence-electron chi connectivity index (χ3n) is 3.17. The zero-order valence-electron chi connectivity index (χ0n) is 13.4. The number of ether oxygens (including phenoxy) is 2. The number of carbonyl (C=O) groups excluding carboxylic acids is 2. The Bertz CT molecular complexity index is 738. The SMILES string of the molecule is C=CCNC(=O)c1cc(OC)c(OC)cc1NC(=O)c1ccco1. The zero-order valence-corrected chi connectivity index (χ0v) is 13.4. The lowest BCUT2D eigenvalue weighted by Gasteiger charge is -2.15. The molecule has 1 aromatic heterocycles. The summed E-state index contributed by atoms with van der Waals surface area (Å²) in [5.41, 5.74) is 0.505. The quantitative estimate of drug-likeness (QED) is 0.761. The van der Waals surface area contributed by atoms with Gasteiger partial charge in [-0.25, -0.2) is 0 Å². The van der Waals surface area contributed by atoms with Crippen molar-refractivity contribution in [2.75, 3.05) is 26.1 Å². The van der Waals surface area contributed by atoms with E-state index in [0.717, 1.165) is 0 Å². The minimum absolute atomic E-state index is 0.127. The number of anilines is 1. The first-order valence-corrected chi connectivity index (χ1v) is 7.10. The van der Waals surface area contributed by atoms with Crippen LogP contribution in [-0.4, -0.2) is 32.6 Å². The highest BCUT2D eigenvalue weighted by Crippen LogP contribution is 2.33. The average Bonchev–Trinajstić information content (AvgIpc) is 3.13. The Morgan fingerprint density at radius 1 is 1.21 bits per heavy atom. The van der Waals surface area contributed by atoms with Gasteiger partial charge in [-0.3, -0.25) is 9.59 Å². The Morgan fingerprint density at radius 2 is 1.92 bits per heavy atom. The molecule has 2 amide bonds. The van der Waals surface area contributed by atoms with Gasteiger partial charge < -0.3 is 24.5 Å². The van der Waals surface area contributed by atoms with E-state index >= 15 is 0 Å². The van der Waals surface area contributed by atoms with Gasteiger partial charge in [-0.15, -0.1) is 6.58 Å². The monoisotopic (exact) mass is 330 g/mol. The molecule has 0 bridgehead atoms. The maximum Gasteiger partial charge on any atom is 0.291 e. The topological polar surface area (TPSA) is 89.8 Å². The van der Waals surface area contributed by atoms with E-state index in [9.17, 15) is 9.59 Å². The fourth-order valence-electron chi connectivity index (χ4n) is 2.02. The van der Waals surface area contributed by atoms with Crippen LogP contribution < -0.4 is 20.1 Å². The fourth-order valence-corrected chi connectivity index (χ4v) is 2.02. The van der Waals surface area contributed by atoms with E-state index in [1.807, 2.05) is 0 Å². The van der Waals surface area contributed by atoms with Crippen LogP contribution in [0.4, 0.5) is 5.69 Å². The summed E-state index contributed by atoms with van der Waals surface area (Å²) in [6.07, 6.45) is 2.95. The van der Waals surface area contributed by atoms with Crippen molar-refractivity contribution in [2.45, 2.75) is 0 Å². The Labute approximate surface area is 139 Å². The Kier molecular flexibility index (Phi) is 5.62. The van der Waals surface area contributed by atoms with E-state index in [1.54, 1.807) is 12.1 Å². The number of benzene rings is 1. The van der Waals surface area contributed by atoms with Crippen molar-refractivity contribution < 1.29 is 23.5 Å². The van der Waals surface area contributed by atoms with Crippen molar-refractivity contribution in [3.05, 3.63) is 54.5 Å². The molecule has 0 spiro atoms. The highest BCUT2D eigenvalue weighted by Gasteiger charge is 2.19. The first-order valence-electron chi connectivity index (χ1n) is 7.10. The lowest BCUT2D eigenvalue weighted by atomic mass is 10.1. The molecule has 0 saturated heterocycles. The van der Waals surface area contributed by atoms with E-state index in [1.165, 1.54) is 38.7 Å². The number of rotatable bonds is 7. The molecule has 2 N–H and O–H groups in total. The second kappa shape index (κ2) is 7.87. The van der Waals surface area contributed by atoms with Gasteiger partial charge in [0.2, 0.25) is 0 Å². The lowest BCUT2D eigenvalue weighted by Crippen LogP contribution is -2.25. The number of hydrogen-bond acceptors (Lipinski definition) is 5. The van der Waals surface area contributed by atoms with Crippen molar-refractivity contribution in [3.8, 4) is 11.5 Å². The molecule has 1 heterocycles. The van der Waals surface area contributed by atoms with Crippen LogP contribution in [0, 0.1) is 0 Å². The van der Waals surface area contributed by atoms with Crippen LogP contribution in [0.3, 0.4) is 0 Å². The van der Waals surface area contributed by atoms with Gasteiger partial charge in [-0.1, -0.05) is 6.08 Å². The summed E-state index contributed by atoms with van der Waals surface area (Å²) in [7, 11) is 2.93. The van der Waals surface area contributed by atoms with E-state index < -0.39 is 5.91 Å². The smallest absolute Gasteiger partial charge is 0.291 e.